The third kappa shape index (κ3) is 12.3. The van der Waals surface area contributed by atoms with E-state index in [4.69, 9.17) is 5.11 Å². The van der Waals surface area contributed by atoms with Crippen LogP contribution in [0.2, 0.25) is 0 Å². The van der Waals surface area contributed by atoms with E-state index in [1.807, 2.05) is 17.0 Å². The molecule has 3 aromatic carbocycles. The van der Waals surface area contributed by atoms with Crippen molar-refractivity contribution < 1.29 is 18.7 Å². The number of hydrogen-bond acceptors (Lipinski definition) is 3. The number of phenols is 1. The number of carbonyl (C=O) groups excluding carboxylic acids is 1. The first-order valence-electron chi connectivity index (χ1n) is 14.6. The second kappa shape index (κ2) is 18.9. The van der Waals surface area contributed by atoms with Crippen molar-refractivity contribution in [3.63, 3.8) is 0 Å². The SMILES string of the molecule is CCCN(CCC)C(=O)CCCCC(c1ccc(F)cc1)c1ccc(F)cc1.CCCNCc1ccc(O)cc1. The van der Waals surface area contributed by atoms with Crippen molar-refractivity contribution in [3.05, 3.63) is 101 Å². The number of phenolic OH excluding ortho intramolecular Hbond substituents is 1. The minimum absolute atomic E-state index is 0.0682. The van der Waals surface area contributed by atoms with Crippen molar-refractivity contribution in [3.8, 4) is 5.75 Å². The van der Waals surface area contributed by atoms with Crippen molar-refractivity contribution in [2.75, 3.05) is 19.6 Å². The van der Waals surface area contributed by atoms with Crippen LogP contribution in [0.4, 0.5) is 8.78 Å². The van der Waals surface area contributed by atoms with E-state index >= 15 is 0 Å². The fraction of sp³-hybridized carbons (Fsp3) is 0.441. The number of hydrogen-bond donors (Lipinski definition) is 2. The Labute approximate surface area is 239 Å². The van der Waals surface area contributed by atoms with Crippen LogP contribution in [0.5, 0.6) is 5.75 Å². The van der Waals surface area contributed by atoms with E-state index in [0.717, 1.165) is 75.8 Å². The molecule has 0 unspecified atom stereocenters. The maximum atomic E-state index is 13.3. The maximum Gasteiger partial charge on any atom is 0.222 e. The monoisotopic (exact) mass is 552 g/mol. The predicted octanol–water partition coefficient (Wildman–Crippen LogP) is 8.20. The summed E-state index contributed by atoms with van der Waals surface area (Å²) in [5, 5.41) is 12.3. The molecular weight excluding hydrogens is 506 g/mol. The molecule has 0 bridgehead atoms. The molecule has 0 aliphatic carbocycles. The predicted molar refractivity (Wildman–Crippen MR) is 160 cm³/mol. The first-order valence-corrected chi connectivity index (χ1v) is 14.6. The van der Waals surface area contributed by atoms with Gasteiger partial charge in [-0.1, -0.05) is 63.6 Å². The van der Waals surface area contributed by atoms with Crippen LogP contribution in [0.3, 0.4) is 0 Å². The minimum atomic E-state index is -0.265. The van der Waals surface area contributed by atoms with E-state index in [1.54, 1.807) is 36.4 Å². The van der Waals surface area contributed by atoms with Gasteiger partial charge in [-0.25, -0.2) is 8.78 Å². The standard InChI is InChI=1S/C24H31F2NO.C10H15NO/c1-3-17-27(18-4-2)24(28)8-6-5-7-23(19-9-13-21(25)14-10-19)20-11-15-22(26)16-12-20;1-2-7-11-8-9-3-5-10(12)6-4-9/h9-16,23H,3-8,17-18H2,1-2H3;3-6,11-12H,2,7-8H2,1H3. The van der Waals surface area contributed by atoms with Gasteiger partial charge in [-0.15, -0.1) is 0 Å². The van der Waals surface area contributed by atoms with Crippen LogP contribution in [-0.4, -0.2) is 35.5 Å². The Morgan fingerprint density at radius 1 is 0.775 bits per heavy atom. The normalized spacial score (nSPS) is 10.8. The second-order valence-electron chi connectivity index (χ2n) is 10.1. The molecule has 0 aliphatic heterocycles. The maximum absolute atomic E-state index is 13.3. The van der Waals surface area contributed by atoms with Gasteiger partial charge in [-0.05, 0) is 91.7 Å². The van der Waals surface area contributed by atoms with Crippen LogP contribution < -0.4 is 5.32 Å². The van der Waals surface area contributed by atoms with Gasteiger partial charge < -0.3 is 15.3 Å². The molecule has 0 aliphatic rings. The smallest absolute Gasteiger partial charge is 0.222 e. The lowest BCUT2D eigenvalue weighted by molar-refractivity contribution is -0.131. The molecule has 3 rings (SSSR count). The molecule has 218 valence electrons. The Bertz CT molecular complexity index is 1030. The number of benzene rings is 3. The average molecular weight is 553 g/mol. The molecule has 40 heavy (non-hydrogen) atoms. The van der Waals surface area contributed by atoms with Gasteiger partial charge >= 0.3 is 0 Å². The van der Waals surface area contributed by atoms with Gasteiger partial charge in [-0.2, -0.15) is 0 Å². The fourth-order valence-electron chi connectivity index (χ4n) is 4.62. The molecule has 1 amide bonds. The summed E-state index contributed by atoms with van der Waals surface area (Å²) in [5.74, 6) is 0.0926. The summed E-state index contributed by atoms with van der Waals surface area (Å²) in [5.41, 5.74) is 3.23. The van der Waals surface area contributed by atoms with Gasteiger partial charge in [0, 0.05) is 32.0 Å². The van der Waals surface area contributed by atoms with Crippen LogP contribution in [0.25, 0.3) is 0 Å². The number of nitrogens with one attached hydrogen (secondary N) is 1. The average Bonchev–Trinajstić information content (AvgIpc) is 2.96. The van der Waals surface area contributed by atoms with E-state index in [-0.39, 0.29) is 23.5 Å². The zero-order valence-corrected chi connectivity index (χ0v) is 24.3. The van der Waals surface area contributed by atoms with Gasteiger partial charge in [0.05, 0.1) is 0 Å². The van der Waals surface area contributed by atoms with Gasteiger partial charge in [0.2, 0.25) is 5.91 Å². The summed E-state index contributed by atoms with van der Waals surface area (Å²) in [4.78, 5) is 14.4. The van der Waals surface area contributed by atoms with Crippen molar-refractivity contribution in [2.45, 2.75) is 78.2 Å². The summed E-state index contributed by atoms with van der Waals surface area (Å²) < 4.78 is 26.6. The van der Waals surface area contributed by atoms with Crippen LogP contribution in [0.15, 0.2) is 72.8 Å². The molecule has 0 saturated carbocycles. The van der Waals surface area contributed by atoms with Gasteiger partial charge in [0.1, 0.15) is 17.4 Å². The largest absolute Gasteiger partial charge is 0.508 e. The number of rotatable bonds is 15. The number of amides is 1. The zero-order chi connectivity index (χ0) is 29.2. The van der Waals surface area contributed by atoms with E-state index in [9.17, 15) is 13.6 Å². The number of unbranched alkanes of at least 4 members (excludes halogenated alkanes) is 1. The Balaban J connectivity index is 0.000000389. The number of halogens is 2. The van der Waals surface area contributed by atoms with Crippen molar-refractivity contribution >= 4 is 5.91 Å². The third-order valence-corrected chi connectivity index (χ3v) is 6.71. The van der Waals surface area contributed by atoms with Crippen LogP contribution in [0.1, 0.15) is 88.3 Å². The molecule has 0 atom stereocenters. The van der Waals surface area contributed by atoms with Crippen molar-refractivity contribution in [1.29, 1.82) is 0 Å². The lowest BCUT2D eigenvalue weighted by Gasteiger charge is -2.22. The molecule has 0 heterocycles. The Morgan fingerprint density at radius 2 is 1.30 bits per heavy atom. The second-order valence-corrected chi connectivity index (χ2v) is 10.1. The summed E-state index contributed by atoms with van der Waals surface area (Å²) in [6, 6.07) is 20.3. The zero-order valence-electron chi connectivity index (χ0n) is 24.3. The number of nitrogens with zero attached hydrogens (tertiary/aromatic N) is 1. The van der Waals surface area contributed by atoms with E-state index < -0.39 is 0 Å². The summed E-state index contributed by atoms with van der Waals surface area (Å²) in [6.07, 6.45) is 6.20. The summed E-state index contributed by atoms with van der Waals surface area (Å²) in [7, 11) is 0. The number of aromatic hydroxyl groups is 1. The molecule has 6 heteroatoms. The van der Waals surface area contributed by atoms with Gasteiger partial charge in [0.15, 0.2) is 0 Å². The molecule has 0 spiro atoms. The minimum Gasteiger partial charge on any atom is -0.508 e. The lowest BCUT2D eigenvalue weighted by atomic mass is 9.87. The highest BCUT2D eigenvalue weighted by molar-refractivity contribution is 5.76. The first kappa shape index (κ1) is 33.0. The molecule has 3 aromatic rings. The van der Waals surface area contributed by atoms with Gasteiger partial charge in [-0.3, -0.25) is 4.79 Å². The molecule has 0 saturated heterocycles. The molecule has 0 fully saturated rings. The van der Waals surface area contributed by atoms with E-state index in [1.165, 1.54) is 29.8 Å². The molecule has 0 radical (unpaired) electrons. The third-order valence-electron chi connectivity index (χ3n) is 6.71. The highest BCUT2D eigenvalue weighted by Gasteiger charge is 2.16. The molecular formula is C34H46F2N2O2. The molecule has 0 aromatic heterocycles. The molecule has 2 N–H and O–H groups in total. The van der Waals surface area contributed by atoms with Crippen molar-refractivity contribution in [2.24, 2.45) is 0 Å². The van der Waals surface area contributed by atoms with Crippen LogP contribution in [0, 0.1) is 11.6 Å². The topological polar surface area (TPSA) is 52.6 Å². The highest BCUT2D eigenvalue weighted by Crippen LogP contribution is 2.30. The number of carbonyl (C=O) groups is 1. The Kier molecular flexibility index (Phi) is 15.6. The van der Waals surface area contributed by atoms with E-state index in [0.29, 0.717) is 12.2 Å². The Morgan fingerprint density at radius 3 is 1.77 bits per heavy atom. The van der Waals surface area contributed by atoms with Crippen LogP contribution >= 0.6 is 0 Å². The quantitative estimate of drug-likeness (QED) is 0.187. The van der Waals surface area contributed by atoms with Gasteiger partial charge in [0.25, 0.3) is 0 Å². The summed E-state index contributed by atoms with van der Waals surface area (Å²) >= 11 is 0. The van der Waals surface area contributed by atoms with Crippen molar-refractivity contribution in [1.82, 2.24) is 10.2 Å². The first-order chi connectivity index (χ1) is 19.4. The summed E-state index contributed by atoms with van der Waals surface area (Å²) in [6.45, 7) is 9.89. The lowest BCUT2D eigenvalue weighted by Crippen LogP contribution is -2.32. The Hall–Kier alpha value is -3.25. The van der Waals surface area contributed by atoms with E-state index in [2.05, 4.69) is 26.1 Å². The van der Waals surface area contributed by atoms with Crippen LogP contribution in [-0.2, 0) is 11.3 Å². The molecule has 4 nitrogen and oxygen atoms in total. The fourth-order valence-corrected chi connectivity index (χ4v) is 4.62. The highest BCUT2D eigenvalue weighted by atomic mass is 19.1.